The summed E-state index contributed by atoms with van der Waals surface area (Å²) < 4.78 is 0. The Kier molecular flexibility index (Phi) is 9.26. The fourth-order valence-electron chi connectivity index (χ4n) is 1.57. The lowest BCUT2D eigenvalue weighted by Gasteiger charge is -2.29. The lowest BCUT2D eigenvalue weighted by atomic mass is 9.96. The highest BCUT2D eigenvalue weighted by Gasteiger charge is 2.31. The van der Waals surface area contributed by atoms with Crippen molar-refractivity contribution in [1.82, 2.24) is 5.32 Å². The molecule has 0 aliphatic rings. The second-order valence-electron chi connectivity index (χ2n) is 4.17. The zero-order chi connectivity index (χ0) is 13.9. The van der Waals surface area contributed by atoms with E-state index in [1.165, 1.54) is 0 Å². The maximum absolute atomic E-state index is 12.0. The van der Waals surface area contributed by atoms with Crippen molar-refractivity contribution in [2.75, 3.05) is 13.1 Å². The summed E-state index contributed by atoms with van der Waals surface area (Å²) in [7, 11) is 0. The topological polar surface area (TPSA) is 115 Å². The fourth-order valence-corrected chi connectivity index (χ4v) is 1.57. The molecule has 0 saturated heterocycles. The molecule has 103 valence electrons. The van der Waals surface area contributed by atoms with Crippen LogP contribution in [0.2, 0.25) is 0 Å². The van der Waals surface area contributed by atoms with Gasteiger partial charge in [0.2, 0.25) is 0 Å². The van der Waals surface area contributed by atoms with E-state index < -0.39 is 5.66 Å². The minimum Gasteiger partial charge on any atom is -0.330 e. The van der Waals surface area contributed by atoms with Crippen LogP contribution in [-0.2, 0) is 14.4 Å². The summed E-state index contributed by atoms with van der Waals surface area (Å²) in [5.41, 5.74) is 10.1. The summed E-state index contributed by atoms with van der Waals surface area (Å²) in [4.78, 5) is 32.4. The van der Waals surface area contributed by atoms with Crippen LogP contribution in [0.1, 0.15) is 38.5 Å². The van der Waals surface area contributed by atoms with E-state index >= 15 is 0 Å². The van der Waals surface area contributed by atoms with Gasteiger partial charge in [0.1, 0.15) is 11.9 Å². The molecule has 0 aromatic carbocycles. The first-order valence-electron chi connectivity index (χ1n) is 6.16. The Morgan fingerprint density at radius 3 is 2.67 bits per heavy atom. The van der Waals surface area contributed by atoms with Gasteiger partial charge in [-0.3, -0.25) is 14.9 Å². The molecule has 6 nitrogen and oxygen atoms in total. The van der Waals surface area contributed by atoms with Crippen LogP contribution in [0.5, 0.6) is 0 Å². The molecule has 0 bridgehead atoms. The Morgan fingerprint density at radius 2 is 2.11 bits per heavy atom. The number of hydrogen-bond acceptors (Lipinski definition) is 6. The number of nitrogens with one attached hydrogen (secondary N) is 1. The number of nitrogens with two attached hydrogens (primary N) is 2. The van der Waals surface area contributed by atoms with Crippen LogP contribution in [0.4, 0.5) is 0 Å². The summed E-state index contributed by atoms with van der Waals surface area (Å²) in [6, 6.07) is 0. The highest BCUT2D eigenvalue weighted by molar-refractivity contribution is 5.87. The maximum Gasteiger partial charge on any atom is 0.198 e. The number of Topliss-reactive ketones (excluding diaryl/α,β-unsaturated/α-hetero) is 1. The first-order valence-corrected chi connectivity index (χ1v) is 6.16. The van der Waals surface area contributed by atoms with Crippen molar-refractivity contribution in [2.45, 2.75) is 44.2 Å². The van der Waals surface area contributed by atoms with Gasteiger partial charge in [0, 0.05) is 19.3 Å². The molecular formula is C12H22N3O3. The van der Waals surface area contributed by atoms with Crippen molar-refractivity contribution in [3.8, 4) is 0 Å². The molecule has 5 N–H and O–H groups in total. The quantitative estimate of drug-likeness (QED) is 0.244. The number of hydrogen-bond donors (Lipinski definition) is 3. The average Bonchev–Trinajstić information content (AvgIpc) is 2.38. The number of rotatable bonds is 12. The third kappa shape index (κ3) is 6.58. The van der Waals surface area contributed by atoms with Crippen LogP contribution in [0.3, 0.4) is 0 Å². The summed E-state index contributed by atoms with van der Waals surface area (Å²) in [5, 5.41) is 2.92. The van der Waals surface area contributed by atoms with E-state index in [1.807, 2.05) is 0 Å². The molecular weight excluding hydrogens is 234 g/mol. The van der Waals surface area contributed by atoms with E-state index in [2.05, 4.69) is 5.32 Å². The Hall–Kier alpha value is -1.11. The molecule has 0 aliphatic heterocycles. The van der Waals surface area contributed by atoms with Crippen molar-refractivity contribution in [3.05, 3.63) is 0 Å². The van der Waals surface area contributed by atoms with Crippen molar-refractivity contribution < 1.29 is 14.4 Å². The normalized spacial score (nSPS) is 13.9. The van der Waals surface area contributed by atoms with Crippen molar-refractivity contribution in [1.29, 1.82) is 0 Å². The summed E-state index contributed by atoms with van der Waals surface area (Å²) in [5.74, 6) is -0.148. The smallest absolute Gasteiger partial charge is 0.198 e. The second-order valence-corrected chi connectivity index (χ2v) is 4.17. The predicted octanol–water partition coefficient (Wildman–Crippen LogP) is -0.592. The second kappa shape index (κ2) is 9.87. The Labute approximate surface area is 107 Å². The van der Waals surface area contributed by atoms with Crippen LogP contribution in [0.25, 0.3) is 0 Å². The molecule has 0 spiro atoms. The molecule has 1 unspecified atom stereocenters. The highest BCUT2D eigenvalue weighted by Crippen LogP contribution is 2.11. The molecule has 1 radical (unpaired) electrons. The molecule has 0 heterocycles. The van der Waals surface area contributed by atoms with Crippen molar-refractivity contribution >= 4 is 18.4 Å². The number of carbonyl (C=O) groups is 2. The number of ketones is 1. The summed E-state index contributed by atoms with van der Waals surface area (Å²) in [6.07, 6.45) is 4.71. The van der Waals surface area contributed by atoms with Gasteiger partial charge >= 0.3 is 0 Å². The van der Waals surface area contributed by atoms with Gasteiger partial charge in [0.05, 0.1) is 0 Å². The fraction of sp³-hybridized carbons (Fsp3) is 0.750. The Balaban J connectivity index is 4.34. The molecule has 1 atom stereocenters. The number of aldehydes is 1. The predicted molar refractivity (Wildman–Crippen MR) is 68.4 cm³/mol. The van der Waals surface area contributed by atoms with Crippen LogP contribution in [-0.4, -0.2) is 37.1 Å². The average molecular weight is 256 g/mol. The summed E-state index contributed by atoms with van der Waals surface area (Å²) >= 11 is 0. The molecule has 6 heteroatoms. The maximum atomic E-state index is 12.0. The molecule has 0 aromatic rings. The SMILES string of the molecule is NCCCC(=O)C(N)(CCC=O)NCCC[C]=O. The number of unbranched alkanes of at least 4 members (excludes halogenated alkanes) is 1. The lowest BCUT2D eigenvalue weighted by Crippen LogP contribution is -2.60. The molecule has 0 amide bonds. The van der Waals surface area contributed by atoms with E-state index in [-0.39, 0.29) is 18.6 Å². The van der Waals surface area contributed by atoms with E-state index in [9.17, 15) is 14.4 Å². The Morgan fingerprint density at radius 1 is 1.39 bits per heavy atom. The standard InChI is InChI=1S/C12H22N3O3/c13-7-3-5-11(18)12(14,6-4-10-17)15-8-1-2-9-16/h10,15H,1-8,13-14H2. The lowest BCUT2D eigenvalue weighted by molar-refractivity contribution is -0.126. The van der Waals surface area contributed by atoms with Gasteiger partial charge in [-0.15, -0.1) is 0 Å². The molecule has 0 aliphatic carbocycles. The first-order chi connectivity index (χ1) is 8.60. The van der Waals surface area contributed by atoms with Crippen molar-refractivity contribution in [3.63, 3.8) is 0 Å². The Bertz CT molecular complexity index is 271. The van der Waals surface area contributed by atoms with Gasteiger partial charge in [-0.25, -0.2) is 0 Å². The monoisotopic (exact) mass is 256 g/mol. The molecule has 18 heavy (non-hydrogen) atoms. The minimum atomic E-state index is -1.20. The zero-order valence-corrected chi connectivity index (χ0v) is 10.6. The highest BCUT2D eigenvalue weighted by atomic mass is 16.1. The molecule has 0 aromatic heterocycles. The van der Waals surface area contributed by atoms with Gasteiger partial charge in [-0.05, 0) is 32.4 Å². The van der Waals surface area contributed by atoms with E-state index in [0.29, 0.717) is 38.8 Å². The van der Waals surface area contributed by atoms with Gasteiger partial charge in [0.15, 0.2) is 12.1 Å². The van der Waals surface area contributed by atoms with Gasteiger partial charge in [-0.2, -0.15) is 0 Å². The van der Waals surface area contributed by atoms with Crippen molar-refractivity contribution in [2.24, 2.45) is 11.5 Å². The van der Waals surface area contributed by atoms with E-state index in [0.717, 1.165) is 6.29 Å². The van der Waals surface area contributed by atoms with Crippen LogP contribution in [0.15, 0.2) is 0 Å². The van der Waals surface area contributed by atoms with Gasteiger partial charge < -0.3 is 16.3 Å². The van der Waals surface area contributed by atoms with Crippen LogP contribution in [0, 0.1) is 0 Å². The third-order valence-corrected chi connectivity index (χ3v) is 2.66. The molecule has 0 fully saturated rings. The van der Waals surface area contributed by atoms with Crippen LogP contribution >= 0.6 is 0 Å². The van der Waals surface area contributed by atoms with Gasteiger partial charge in [0.25, 0.3) is 0 Å². The first kappa shape index (κ1) is 16.9. The molecule has 0 saturated carbocycles. The zero-order valence-electron chi connectivity index (χ0n) is 10.6. The van der Waals surface area contributed by atoms with Crippen LogP contribution < -0.4 is 16.8 Å². The van der Waals surface area contributed by atoms with Gasteiger partial charge in [-0.1, -0.05) is 0 Å². The minimum absolute atomic E-state index is 0.148. The van der Waals surface area contributed by atoms with E-state index in [1.54, 1.807) is 6.29 Å². The number of carbonyl (C=O) groups excluding carboxylic acids is 3. The largest absolute Gasteiger partial charge is 0.330 e. The summed E-state index contributed by atoms with van der Waals surface area (Å²) in [6.45, 7) is 0.870. The third-order valence-electron chi connectivity index (χ3n) is 2.66. The van der Waals surface area contributed by atoms with E-state index in [4.69, 9.17) is 11.5 Å². The molecule has 0 rings (SSSR count).